The maximum atomic E-state index is 11.5. The molecule has 1 aliphatic carbocycles. The quantitative estimate of drug-likeness (QED) is 0.668. The van der Waals surface area contributed by atoms with Gasteiger partial charge in [-0.25, -0.2) is 0 Å². The zero-order valence-electron chi connectivity index (χ0n) is 10.1. The number of ether oxygens (including phenoxy) is 1. The first kappa shape index (κ1) is 13.0. The van der Waals surface area contributed by atoms with Crippen LogP contribution >= 0.6 is 0 Å². The molecule has 1 fully saturated rings. The highest BCUT2D eigenvalue weighted by Gasteiger charge is 2.50. The lowest BCUT2D eigenvalue weighted by Gasteiger charge is -2.09. The van der Waals surface area contributed by atoms with Gasteiger partial charge in [-0.05, 0) is 39.5 Å². The van der Waals surface area contributed by atoms with Gasteiger partial charge in [-0.2, -0.15) is 5.26 Å². The molecule has 0 heterocycles. The number of nitrogens with zero attached hydrogens (tertiary/aromatic N) is 1. The normalized spacial score (nSPS) is 16.9. The van der Waals surface area contributed by atoms with Crippen LogP contribution in [0.3, 0.4) is 0 Å². The van der Waals surface area contributed by atoms with E-state index in [-0.39, 0.29) is 12.0 Å². The van der Waals surface area contributed by atoms with Gasteiger partial charge in [0.2, 0.25) is 5.91 Å². The second-order valence-corrected chi connectivity index (χ2v) is 4.58. The van der Waals surface area contributed by atoms with E-state index < -0.39 is 5.41 Å². The fraction of sp³-hybridized carbons (Fsp3) is 0.833. The van der Waals surface area contributed by atoms with E-state index >= 15 is 0 Å². The van der Waals surface area contributed by atoms with Crippen LogP contribution in [0.1, 0.15) is 39.5 Å². The molecule has 1 rings (SSSR count). The monoisotopic (exact) mass is 224 g/mol. The molecular formula is C12H20N2O2. The fourth-order valence-corrected chi connectivity index (χ4v) is 1.43. The van der Waals surface area contributed by atoms with Crippen molar-refractivity contribution >= 4 is 5.91 Å². The predicted molar refractivity (Wildman–Crippen MR) is 60.6 cm³/mol. The molecule has 0 spiro atoms. The molecule has 16 heavy (non-hydrogen) atoms. The van der Waals surface area contributed by atoms with Crippen molar-refractivity contribution in [2.75, 3.05) is 13.2 Å². The Morgan fingerprint density at radius 3 is 2.69 bits per heavy atom. The topological polar surface area (TPSA) is 62.1 Å². The lowest BCUT2D eigenvalue weighted by molar-refractivity contribution is -0.124. The van der Waals surface area contributed by atoms with Crippen LogP contribution in [0.4, 0.5) is 0 Å². The smallest absolute Gasteiger partial charge is 0.240 e. The minimum atomic E-state index is -0.686. The third kappa shape index (κ3) is 3.82. The van der Waals surface area contributed by atoms with Crippen molar-refractivity contribution in [2.45, 2.75) is 45.6 Å². The maximum absolute atomic E-state index is 11.5. The predicted octanol–water partition coefficient (Wildman–Crippen LogP) is 1.61. The van der Waals surface area contributed by atoms with Crippen LogP contribution in [0.25, 0.3) is 0 Å². The van der Waals surface area contributed by atoms with Gasteiger partial charge in [0.1, 0.15) is 5.41 Å². The van der Waals surface area contributed by atoms with Crippen LogP contribution < -0.4 is 5.32 Å². The standard InChI is InChI=1S/C12H20N2O2/c1-10(2)16-8-4-3-7-14-11(15)12(9-13)5-6-12/h10H,3-8H2,1-2H3,(H,14,15). The summed E-state index contributed by atoms with van der Waals surface area (Å²) in [6.07, 6.45) is 3.54. The highest BCUT2D eigenvalue weighted by atomic mass is 16.5. The highest BCUT2D eigenvalue weighted by molar-refractivity contribution is 5.88. The van der Waals surface area contributed by atoms with Crippen molar-refractivity contribution in [1.82, 2.24) is 5.32 Å². The van der Waals surface area contributed by atoms with E-state index in [9.17, 15) is 4.79 Å². The first-order chi connectivity index (χ1) is 7.60. The molecular weight excluding hydrogens is 204 g/mol. The van der Waals surface area contributed by atoms with Crippen LogP contribution in [-0.2, 0) is 9.53 Å². The van der Waals surface area contributed by atoms with E-state index in [1.807, 2.05) is 13.8 Å². The number of unbranched alkanes of at least 4 members (excludes halogenated alkanes) is 1. The van der Waals surface area contributed by atoms with Crippen LogP contribution in [0.2, 0.25) is 0 Å². The molecule has 0 radical (unpaired) electrons. The van der Waals surface area contributed by atoms with Crippen molar-refractivity contribution < 1.29 is 9.53 Å². The number of hydrogen-bond acceptors (Lipinski definition) is 3. The van der Waals surface area contributed by atoms with Crippen LogP contribution in [0.15, 0.2) is 0 Å². The lowest BCUT2D eigenvalue weighted by atomic mass is 10.1. The molecule has 4 heteroatoms. The zero-order valence-corrected chi connectivity index (χ0v) is 10.1. The second-order valence-electron chi connectivity index (χ2n) is 4.58. The molecule has 4 nitrogen and oxygen atoms in total. The summed E-state index contributed by atoms with van der Waals surface area (Å²) in [5.74, 6) is -0.0974. The summed E-state index contributed by atoms with van der Waals surface area (Å²) in [5, 5.41) is 11.6. The molecule has 0 bridgehead atoms. The van der Waals surface area contributed by atoms with Gasteiger partial charge >= 0.3 is 0 Å². The van der Waals surface area contributed by atoms with Gasteiger partial charge in [-0.3, -0.25) is 4.79 Å². The number of rotatable bonds is 7. The van der Waals surface area contributed by atoms with Gasteiger partial charge in [0.25, 0.3) is 0 Å². The van der Waals surface area contributed by atoms with E-state index in [0.717, 1.165) is 19.4 Å². The minimum absolute atomic E-state index is 0.0974. The third-order valence-electron chi connectivity index (χ3n) is 2.71. The van der Waals surface area contributed by atoms with E-state index in [1.54, 1.807) is 0 Å². The molecule has 90 valence electrons. The SMILES string of the molecule is CC(C)OCCCCNC(=O)C1(C#N)CC1. The Hall–Kier alpha value is -1.08. The Bertz CT molecular complexity index is 277. The Balaban J connectivity index is 2.00. The van der Waals surface area contributed by atoms with Crippen LogP contribution in [0.5, 0.6) is 0 Å². The molecule has 0 atom stereocenters. The molecule has 0 aromatic rings. The Kier molecular flexibility index (Phi) is 4.75. The van der Waals surface area contributed by atoms with Crippen molar-refractivity contribution in [3.05, 3.63) is 0 Å². The van der Waals surface area contributed by atoms with Crippen molar-refractivity contribution in [2.24, 2.45) is 5.41 Å². The van der Waals surface area contributed by atoms with Crippen molar-refractivity contribution in [3.63, 3.8) is 0 Å². The first-order valence-electron chi connectivity index (χ1n) is 5.92. The molecule has 1 N–H and O–H groups in total. The Morgan fingerprint density at radius 2 is 2.19 bits per heavy atom. The average Bonchev–Trinajstić information content (AvgIpc) is 3.03. The zero-order chi connectivity index (χ0) is 12.0. The van der Waals surface area contributed by atoms with Gasteiger partial charge in [0, 0.05) is 13.2 Å². The molecule has 1 amide bonds. The number of hydrogen-bond donors (Lipinski definition) is 1. The number of nitrogens with one attached hydrogen (secondary N) is 1. The molecule has 1 saturated carbocycles. The van der Waals surface area contributed by atoms with E-state index in [4.69, 9.17) is 10.00 Å². The van der Waals surface area contributed by atoms with Gasteiger partial charge < -0.3 is 10.1 Å². The van der Waals surface area contributed by atoms with Gasteiger partial charge in [0.15, 0.2) is 0 Å². The number of carbonyl (C=O) groups is 1. The maximum Gasteiger partial charge on any atom is 0.240 e. The summed E-state index contributed by atoms with van der Waals surface area (Å²) in [5.41, 5.74) is -0.686. The summed E-state index contributed by atoms with van der Waals surface area (Å²) in [4.78, 5) is 11.5. The Labute approximate surface area is 97.0 Å². The highest BCUT2D eigenvalue weighted by Crippen LogP contribution is 2.44. The minimum Gasteiger partial charge on any atom is -0.379 e. The largest absolute Gasteiger partial charge is 0.379 e. The third-order valence-corrected chi connectivity index (χ3v) is 2.71. The first-order valence-corrected chi connectivity index (χ1v) is 5.92. The Morgan fingerprint density at radius 1 is 1.50 bits per heavy atom. The summed E-state index contributed by atoms with van der Waals surface area (Å²) >= 11 is 0. The lowest BCUT2D eigenvalue weighted by Crippen LogP contribution is -2.32. The molecule has 0 aromatic carbocycles. The molecule has 0 aliphatic heterocycles. The summed E-state index contributed by atoms with van der Waals surface area (Å²) in [6, 6.07) is 2.08. The van der Waals surface area contributed by atoms with Gasteiger partial charge in [-0.1, -0.05) is 0 Å². The number of amides is 1. The van der Waals surface area contributed by atoms with E-state index in [2.05, 4.69) is 11.4 Å². The van der Waals surface area contributed by atoms with E-state index in [1.165, 1.54) is 0 Å². The van der Waals surface area contributed by atoms with E-state index in [0.29, 0.717) is 19.4 Å². The summed E-state index contributed by atoms with van der Waals surface area (Å²) in [7, 11) is 0. The van der Waals surface area contributed by atoms with Crippen molar-refractivity contribution in [1.29, 1.82) is 5.26 Å². The molecule has 0 unspecified atom stereocenters. The van der Waals surface area contributed by atoms with Gasteiger partial charge in [-0.15, -0.1) is 0 Å². The average molecular weight is 224 g/mol. The molecule has 0 aromatic heterocycles. The number of carbonyl (C=O) groups excluding carboxylic acids is 1. The molecule has 1 aliphatic rings. The fourth-order valence-electron chi connectivity index (χ4n) is 1.43. The molecule has 0 saturated heterocycles. The second kappa shape index (κ2) is 5.86. The summed E-state index contributed by atoms with van der Waals surface area (Å²) in [6.45, 7) is 5.39. The van der Waals surface area contributed by atoms with Gasteiger partial charge in [0.05, 0.1) is 12.2 Å². The summed E-state index contributed by atoms with van der Waals surface area (Å²) < 4.78 is 5.38. The van der Waals surface area contributed by atoms with Crippen molar-refractivity contribution in [3.8, 4) is 6.07 Å². The van der Waals surface area contributed by atoms with Crippen LogP contribution in [0, 0.1) is 16.7 Å². The van der Waals surface area contributed by atoms with Crippen LogP contribution in [-0.4, -0.2) is 25.2 Å². The number of nitriles is 1.